The van der Waals surface area contributed by atoms with Crippen molar-refractivity contribution in [1.82, 2.24) is 0 Å². The predicted octanol–water partition coefficient (Wildman–Crippen LogP) is 5.66. The van der Waals surface area contributed by atoms with Gasteiger partial charge in [-0.05, 0) is 63.5 Å². The molecule has 0 aliphatic heterocycles. The summed E-state index contributed by atoms with van der Waals surface area (Å²) in [7, 11) is 0. The third-order valence-corrected chi connectivity index (χ3v) is 3.94. The van der Waals surface area contributed by atoms with E-state index in [4.69, 9.17) is 0 Å². The molecule has 0 saturated heterocycles. The Bertz CT molecular complexity index is 439. The molecule has 0 atom stereocenters. The summed E-state index contributed by atoms with van der Waals surface area (Å²) in [5, 5.41) is 0. The van der Waals surface area contributed by atoms with E-state index in [2.05, 4.69) is 50.3 Å². The summed E-state index contributed by atoms with van der Waals surface area (Å²) in [5.41, 5.74) is 6.10. The maximum atomic E-state index is 2.32. The van der Waals surface area contributed by atoms with E-state index in [0.29, 0.717) is 0 Å². The number of hydrogen-bond acceptors (Lipinski definition) is 0. The van der Waals surface area contributed by atoms with Gasteiger partial charge in [-0.1, -0.05) is 47.6 Å². The van der Waals surface area contributed by atoms with E-state index in [9.17, 15) is 0 Å². The Morgan fingerprint density at radius 3 is 2.56 bits per heavy atom. The molecule has 0 saturated carbocycles. The van der Waals surface area contributed by atoms with Gasteiger partial charge in [-0.25, -0.2) is 0 Å². The fourth-order valence-corrected chi connectivity index (χ4v) is 2.67. The van der Waals surface area contributed by atoms with Crippen molar-refractivity contribution in [3.8, 4) is 0 Å². The molecule has 0 amide bonds. The second-order valence-electron chi connectivity index (χ2n) is 5.33. The average molecular weight is 240 g/mol. The molecule has 0 aromatic rings. The first kappa shape index (κ1) is 13.1. The van der Waals surface area contributed by atoms with Crippen LogP contribution in [0.5, 0.6) is 0 Å². The Labute approximate surface area is 111 Å². The lowest BCUT2D eigenvalue weighted by Gasteiger charge is -2.10. The van der Waals surface area contributed by atoms with Gasteiger partial charge in [-0.3, -0.25) is 0 Å². The standard InChI is InChI=1S/C18H24/c1-15-9-5-3-7-11-17(15)13-14-18-12-8-4-6-10-16(18)2/h5-7,9-11H,3-4,8,12-14H2,1-2H3. The van der Waals surface area contributed by atoms with Gasteiger partial charge in [-0.2, -0.15) is 0 Å². The molecule has 2 rings (SSSR count). The summed E-state index contributed by atoms with van der Waals surface area (Å²) in [5.74, 6) is 0. The summed E-state index contributed by atoms with van der Waals surface area (Å²) >= 11 is 0. The molecule has 0 heteroatoms. The third-order valence-electron chi connectivity index (χ3n) is 3.94. The van der Waals surface area contributed by atoms with Crippen molar-refractivity contribution < 1.29 is 0 Å². The van der Waals surface area contributed by atoms with Crippen LogP contribution < -0.4 is 0 Å². The molecule has 0 unspecified atom stereocenters. The van der Waals surface area contributed by atoms with Gasteiger partial charge in [0.25, 0.3) is 0 Å². The fourth-order valence-electron chi connectivity index (χ4n) is 2.67. The van der Waals surface area contributed by atoms with Crippen LogP contribution in [-0.4, -0.2) is 0 Å². The summed E-state index contributed by atoms with van der Waals surface area (Å²) < 4.78 is 0. The molecule has 0 heterocycles. The molecule has 0 bridgehead atoms. The zero-order valence-corrected chi connectivity index (χ0v) is 11.7. The van der Waals surface area contributed by atoms with Crippen LogP contribution in [0, 0.1) is 0 Å². The molecule has 96 valence electrons. The number of rotatable bonds is 3. The first-order valence-electron chi connectivity index (χ1n) is 7.15. The van der Waals surface area contributed by atoms with Crippen LogP contribution in [0.1, 0.15) is 52.4 Å². The van der Waals surface area contributed by atoms with Crippen molar-refractivity contribution in [2.24, 2.45) is 0 Å². The Kier molecular flexibility index (Phi) is 4.81. The lowest BCUT2D eigenvalue weighted by Crippen LogP contribution is -1.91. The van der Waals surface area contributed by atoms with Crippen LogP contribution >= 0.6 is 0 Å². The Morgan fingerprint density at radius 2 is 1.67 bits per heavy atom. The Morgan fingerprint density at radius 1 is 0.889 bits per heavy atom. The van der Waals surface area contributed by atoms with E-state index < -0.39 is 0 Å². The lowest BCUT2D eigenvalue weighted by atomic mass is 9.96. The highest BCUT2D eigenvalue weighted by Gasteiger charge is 2.06. The molecule has 0 N–H and O–H groups in total. The molecular formula is C18H24. The fraction of sp³-hybridized carbons (Fsp3) is 0.444. The van der Waals surface area contributed by atoms with Crippen LogP contribution in [0.25, 0.3) is 0 Å². The summed E-state index contributed by atoms with van der Waals surface area (Å²) in [4.78, 5) is 0. The van der Waals surface area contributed by atoms with Crippen molar-refractivity contribution in [3.05, 3.63) is 58.7 Å². The summed E-state index contributed by atoms with van der Waals surface area (Å²) in [6, 6.07) is 0. The minimum Gasteiger partial charge on any atom is -0.0843 e. The van der Waals surface area contributed by atoms with Crippen LogP contribution in [0.2, 0.25) is 0 Å². The van der Waals surface area contributed by atoms with Crippen molar-refractivity contribution in [2.45, 2.75) is 52.4 Å². The maximum Gasteiger partial charge on any atom is -0.0163 e. The Hall–Kier alpha value is -1.30. The van der Waals surface area contributed by atoms with Gasteiger partial charge < -0.3 is 0 Å². The smallest absolute Gasteiger partial charge is 0.0163 e. The topological polar surface area (TPSA) is 0 Å². The summed E-state index contributed by atoms with van der Waals surface area (Å²) in [6.45, 7) is 4.50. The van der Waals surface area contributed by atoms with Crippen molar-refractivity contribution in [3.63, 3.8) is 0 Å². The lowest BCUT2D eigenvalue weighted by molar-refractivity contribution is 0.780. The van der Waals surface area contributed by atoms with Crippen LogP contribution in [0.3, 0.4) is 0 Å². The SMILES string of the molecule is CC1=C(CCC2=C(C)C=CCCC2)C=CCC=C1. The maximum absolute atomic E-state index is 2.32. The molecule has 2 aliphatic carbocycles. The van der Waals surface area contributed by atoms with Crippen LogP contribution in [0.4, 0.5) is 0 Å². The van der Waals surface area contributed by atoms with Crippen LogP contribution in [0.15, 0.2) is 58.7 Å². The van der Waals surface area contributed by atoms with Gasteiger partial charge >= 0.3 is 0 Å². The van der Waals surface area contributed by atoms with E-state index in [1.54, 1.807) is 5.57 Å². The molecule has 0 aromatic heterocycles. The largest absolute Gasteiger partial charge is 0.0843 e. The van der Waals surface area contributed by atoms with E-state index >= 15 is 0 Å². The minimum absolute atomic E-state index is 1.07. The molecule has 0 nitrogen and oxygen atoms in total. The monoisotopic (exact) mass is 240 g/mol. The second-order valence-corrected chi connectivity index (χ2v) is 5.33. The van der Waals surface area contributed by atoms with Crippen molar-refractivity contribution in [2.75, 3.05) is 0 Å². The first-order chi connectivity index (χ1) is 8.77. The van der Waals surface area contributed by atoms with E-state index in [-0.39, 0.29) is 0 Å². The van der Waals surface area contributed by atoms with E-state index in [1.807, 2.05) is 0 Å². The minimum atomic E-state index is 1.07. The van der Waals surface area contributed by atoms with Gasteiger partial charge in [0, 0.05) is 0 Å². The highest BCUT2D eigenvalue weighted by atomic mass is 14.1. The molecule has 0 spiro atoms. The van der Waals surface area contributed by atoms with Gasteiger partial charge in [-0.15, -0.1) is 0 Å². The molecule has 2 aliphatic rings. The van der Waals surface area contributed by atoms with Crippen LogP contribution in [-0.2, 0) is 0 Å². The second kappa shape index (κ2) is 6.58. The quantitative estimate of drug-likeness (QED) is 0.597. The van der Waals surface area contributed by atoms with E-state index in [1.165, 1.54) is 48.8 Å². The van der Waals surface area contributed by atoms with Gasteiger partial charge in [0.05, 0.1) is 0 Å². The highest BCUT2D eigenvalue weighted by Crippen LogP contribution is 2.26. The zero-order chi connectivity index (χ0) is 12.8. The number of allylic oxidation sites excluding steroid dienone is 10. The number of hydrogen-bond donors (Lipinski definition) is 0. The highest BCUT2D eigenvalue weighted by molar-refractivity contribution is 5.36. The average Bonchev–Trinajstić information content (AvgIpc) is 2.68. The third kappa shape index (κ3) is 3.60. The van der Waals surface area contributed by atoms with Crippen molar-refractivity contribution >= 4 is 0 Å². The molecule has 0 fully saturated rings. The zero-order valence-electron chi connectivity index (χ0n) is 11.7. The molecular weight excluding hydrogens is 216 g/mol. The Balaban J connectivity index is 2.03. The van der Waals surface area contributed by atoms with Gasteiger partial charge in [0.2, 0.25) is 0 Å². The summed E-state index contributed by atoms with van der Waals surface area (Å²) in [6.07, 6.45) is 21.1. The normalized spacial score (nSPS) is 20.3. The van der Waals surface area contributed by atoms with Gasteiger partial charge in [0.1, 0.15) is 0 Å². The van der Waals surface area contributed by atoms with E-state index in [0.717, 1.165) is 6.42 Å². The van der Waals surface area contributed by atoms with Gasteiger partial charge in [0.15, 0.2) is 0 Å². The first-order valence-corrected chi connectivity index (χ1v) is 7.15. The molecule has 0 radical (unpaired) electrons. The van der Waals surface area contributed by atoms with Crippen molar-refractivity contribution in [1.29, 1.82) is 0 Å². The molecule has 0 aromatic carbocycles. The predicted molar refractivity (Wildman–Crippen MR) is 80.5 cm³/mol. The molecule has 18 heavy (non-hydrogen) atoms.